The summed E-state index contributed by atoms with van der Waals surface area (Å²) in [6.45, 7) is 4.90. The third-order valence-corrected chi connectivity index (χ3v) is 19.5. The molecule has 0 fully saturated rings. The molecule has 0 spiro atoms. The molecular weight excluding hydrogens is 1080 g/mol. The minimum absolute atomic E-state index is 0.0656. The Balaban J connectivity index is 3.95. The lowest BCUT2D eigenvalue weighted by Crippen LogP contribution is -2.45. The van der Waals surface area contributed by atoms with Crippen LogP contribution in [-0.2, 0) is 18.4 Å². The van der Waals surface area contributed by atoms with Gasteiger partial charge in [0.05, 0.1) is 39.9 Å². The van der Waals surface area contributed by atoms with Gasteiger partial charge in [0, 0.05) is 6.42 Å². The summed E-state index contributed by atoms with van der Waals surface area (Å²) in [4.78, 5) is 23.5. The van der Waals surface area contributed by atoms with Gasteiger partial charge in [0.15, 0.2) is 0 Å². The number of hydrogen-bond acceptors (Lipinski definition) is 5. The highest BCUT2D eigenvalue weighted by atomic mass is 31.2. The van der Waals surface area contributed by atoms with E-state index < -0.39 is 20.0 Å². The van der Waals surface area contributed by atoms with Crippen LogP contribution in [0.2, 0.25) is 0 Å². The summed E-state index contributed by atoms with van der Waals surface area (Å²) in [5, 5.41) is 14.1. The summed E-state index contributed by atoms with van der Waals surface area (Å²) in [5.74, 6) is -0.165. The quantitative estimate of drug-likeness (QED) is 0.0243. The van der Waals surface area contributed by atoms with Gasteiger partial charge in [-0.05, 0) is 19.3 Å². The topological polar surface area (TPSA) is 105 Å². The van der Waals surface area contributed by atoms with Crippen LogP contribution in [0.5, 0.6) is 0 Å². The first kappa shape index (κ1) is 85.2. The van der Waals surface area contributed by atoms with Crippen LogP contribution in [0.4, 0.5) is 0 Å². The molecule has 0 saturated carbocycles. The van der Waals surface area contributed by atoms with E-state index in [1.165, 1.54) is 372 Å². The Labute approximate surface area is 539 Å². The van der Waals surface area contributed by atoms with Crippen LogP contribution in [0.1, 0.15) is 425 Å². The van der Waals surface area contributed by atoms with Crippen molar-refractivity contribution in [2.75, 3.05) is 40.9 Å². The van der Waals surface area contributed by atoms with Crippen molar-refractivity contribution in [2.45, 2.75) is 437 Å². The van der Waals surface area contributed by atoms with Gasteiger partial charge in [0.1, 0.15) is 13.2 Å². The number of unbranched alkanes of at least 4 members (excludes halogenated alkanes) is 61. The second-order valence-electron chi connectivity index (χ2n) is 28.5. The molecule has 0 radical (unpaired) electrons. The Morgan fingerprint density at radius 1 is 0.384 bits per heavy atom. The molecule has 0 aliphatic heterocycles. The Morgan fingerprint density at radius 3 is 0.860 bits per heavy atom. The highest BCUT2D eigenvalue weighted by Gasteiger charge is 2.28. The molecule has 0 aliphatic rings. The number of carbonyl (C=O) groups excluding carboxylic acids is 1. The van der Waals surface area contributed by atoms with Crippen LogP contribution < -0.4 is 5.32 Å². The molecular formula is C77H156N2O6P+. The third-order valence-electron chi connectivity index (χ3n) is 18.5. The number of likely N-dealkylation sites (N-methyl/N-ethyl adjacent to an activating group) is 1. The minimum atomic E-state index is -4.35. The second-order valence-corrected chi connectivity index (χ2v) is 29.9. The van der Waals surface area contributed by atoms with Crippen molar-refractivity contribution in [2.24, 2.45) is 0 Å². The number of nitrogens with zero attached hydrogens (tertiary/aromatic N) is 1. The average molecular weight is 1240 g/mol. The maximum Gasteiger partial charge on any atom is 0.472 e. The van der Waals surface area contributed by atoms with Crippen LogP contribution in [0.25, 0.3) is 0 Å². The number of amides is 1. The van der Waals surface area contributed by atoms with Gasteiger partial charge in [-0.3, -0.25) is 13.8 Å². The fourth-order valence-corrected chi connectivity index (χ4v) is 13.2. The monoisotopic (exact) mass is 1240 g/mol. The largest absolute Gasteiger partial charge is 0.472 e. The fraction of sp³-hybridized carbons (Fsp3) is 0.961. The first-order valence-corrected chi connectivity index (χ1v) is 40.6. The number of nitrogens with one attached hydrogen (secondary N) is 1. The third kappa shape index (κ3) is 70.7. The van der Waals surface area contributed by atoms with Gasteiger partial charge in [0.25, 0.3) is 0 Å². The Hall–Kier alpha value is -0.760. The van der Waals surface area contributed by atoms with Gasteiger partial charge >= 0.3 is 7.82 Å². The zero-order chi connectivity index (χ0) is 62.6. The van der Waals surface area contributed by atoms with Crippen molar-refractivity contribution in [1.29, 1.82) is 0 Å². The average Bonchev–Trinajstić information content (AvgIpc) is 3.70. The molecule has 9 heteroatoms. The van der Waals surface area contributed by atoms with Gasteiger partial charge in [-0.1, -0.05) is 411 Å². The van der Waals surface area contributed by atoms with Crippen molar-refractivity contribution in [3.63, 3.8) is 0 Å². The van der Waals surface area contributed by atoms with E-state index in [1.54, 1.807) is 6.08 Å². The van der Waals surface area contributed by atoms with Gasteiger partial charge in [-0.25, -0.2) is 4.57 Å². The minimum Gasteiger partial charge on any atom is -0.387 e. The van der Waals surface area contributed by atoms with Crippen molar-refractivity contribution >= 4 is 13.7 Å². The zero-order valence-corrected chi connectivity index (χ0v) is 60.0. The van der Waals surface area contributed by atoms with E-state index in [-0.39, 0.29) is 19.1 Å². The number of phosphoric acid groups is 1. The normalized spacial score (nSPS) is 13.5. The maximum atomic E-state index is 13.1. The van der Waals surface area contributed by atoms with Gasteiger partial charge in [-0.2, -0.15) is 0 Å². The molecule has 0 rings (SSSR count). The lowest BCUT2D eigenvalue weighted by atomic mass is 10.0. The first-order chi connectivity index (χ1) is 42.0. The Kier molecular flexibility index (Phi) is 68.0. The number of carbonyl (C=O) groups is 1. The Morgan fingerprint density at radius 2 is 0.616 bits per heavy atom. The lowest BCUT2D eigenvalue weighted by Gasteiger charge is -2.25. The van der Waals surface area contributed by atoms with Gasteiger partial charge < -0.3 is 19.8 Å². The predicted octanol–water partition coefficient (Wildman–Crippen LogP) is 25.2. The van der Waals surface area contributed by atoms with E-state index in [9.17, 15) is 19.4 Å². The van der Waals surface area contributed by atoms with Crippen LogP contribution in [-0.4, -0.2) is 73.4 Å². The highest BCUT2D eigenvalue weighted by molar-refractivity contribution is 7.47. The molecule has 0 bridgehead atoms. The van der Waals surface area contributed by atoms with Crippen LogP contribution in [0.15, 0.2) is 12.2 Å². The predicted molar refractivity (Wildman–Crippen MR) is 379 cm³/mol. The summed E-state index contributed by atoms with van der Waals surface area (Å²) < 4.78 is 23.9. The van der Waals surface area contributed by atoms with Crippen molar-refractivity contribution in [3.05, 3.63) is 12.2 Å². The number of allylic oxidation sites excluding steroid dienone is 1. The molecule has 0 aromatic carbocycles. The molecule has 3 atom stereocenters. The number of rotatable bonds is 74. The fourth-order valence-electron chi connectivity index (χ4n) is 12.5. The molecule has 0 aromatic heterocycles. The highest BCUT2D eigenvalue weighted by Crippen LogP contribution is 2.43. The standard InChI is InChI=1S/C77H155N2O6P/c1-6-8-10-12-14-16-18-20-22-24-26-28-30-32-34-36-38-40-42-44-46-48-50-52-54-56-58-60-62-64-66-68-70-76(80)75(74-85-86(82,83)84-73-72-79(3,4)5)78-77(81)71-69-67-65-63-61-59-57-55-53-51-49-47-45-43-41-39-37-35-33-31-29-27-25-23-21-19-17-15-13-11-9-7-2/h68,70,75-76,80H,6-67,69,71-74H2,1-5H3,(H-,78,81,82,83)/p+1/b70-68+. The smallest absolute Gasteiger partial charge is 0.387 e. The van der Waals surface area contributed by atoms with Crippen LogP contribution in [0.3, 0.4) is 0 Å². The summed E-state index contributed by atoms with van der Waals surface area (Å²) in [7, 11) is 1.60. The lowest BCUT2D eigenvalue weighted by molar-refractivity contribution is -0.870. The number of aliphatic hydroxyl groups is 1. The molecule has 0 heterocycles. The van der Waals surface area contributed by atoms with Crippen molar-refractivity contribution < 1.29 is 32.9 Å². The van der Waals surface area contributed by atoms with Gasteiger partial charge in [0.2, 0.25) is 5.91 Å². The zero-order valence-electron chi connectivity index (χ0n) is 59.1. The number of hydrogen-bond donors (Lipinski definition) is 3. The second kappa shape index (κ2) is 68.6. The number of phosphoric ester groups is 1. The van der Waals surface area contributed by atoms with Gasteiger partial charge in [-0.15, -0.1) is 0 Å². The van der Waals surface area contributed by atoms with E-state index in [1.807, 2.05) is 27.2 Å². The molecule has 1 amide bonds. The van der Waals surface area contributed by atoms with E-state index >= 15 is 0 Å². The summed E-state index contributed by atoms with van der Waals surface area (Å²) in [6, 6.07) is -0.844. The molecule has 514 valence electrons. The molecule has 3 unspecified atom stereocenters. The van der Waals surface area contributed by atoms with E-state index in [4.69, 9.17) is 9.05 Å². The SMILES string of the molecule is CCCCCCCCCCCCCCCCCCCCCCCCCCCCCCCC/C=C/C(O)C(COP(=O)(O)OCC[N+](C)(C)C)NC(=O)CCCCCCCCCCCCCCCCCCCCCCCCCCCCCCCCCC. The van der Waals surface area contributed by atoms with E-state index in [2.05, 4.69) is 19.2 Å². The van der Waals surface area contributed by atoms with E-state index in [0.29, 0.717) is 17.4 Å². The molecule has 86 heavy (non-hydrogen) atoms. The van der Waals surface area contributed by atoms with Crippen molar-refractivity contribution in [3.8, 4) is 0 Å². The molecule has 3 N–H and O–H groups in total. The van der Waals surface area contributed by atoms with E-state index in [0.717, 1.165) is 32.1 Å². The maximum absolute atomic E-state index is 13.1. The number of aliphatic hydroxyl groups excluding tert-OH is 1. The molecule has 8 nitrogen and oxygen atoms in total. The summed E-state index contributed by atoms with van der Waals surface area (Å²) in [5.41, 5.74) is 0. The summed E-state index contributed by atoms with van der Waals surface area (Å²) in [6.07, 6.45) is 89.7. The summed E-state index contributed by atoms with van der Waals surface area (Å²) >= 11 is 0. The first-order valence-electron chi connectivity index (χ1n) is 39.1. The molecule has 0 saturated heterocycles. The van der Waals surface area contributed by atoms with Crippen molar-refractivity contribution in [1.82, 2.24) is 5.32 Å². The molecule has 0 aromatic rings. The van der Waals surface area contributed by atoms with Crippen LogP contribution in [0, 0.1) is 0 Å². The van der Waals surface area contributed by atoms with Crippen LogP contribution >= 0.6 is 7.82 Å². The molecule has 0 aliphatic carbocycles. The number of quaternary nitrogens is 1. The Bertz CT molecular complexity index is 1410.